The lowest BCUT2D eigenvalue weighted by molar-refractivity contribution is -0.137. The maximum Gasteiger partial charge on any atom is 0.303 e. The number of aliphatic carboxylic acids is 1. The maximum atomic E-state index is 13.6. The summed E-state index contributed by atoms with van der Waals surface area (Å²) in [5, 5.41) is 26.9. The Hall–Kier alpha value is -1.34. The highest BCUT2D eigenvalue weighted by Gasteiger charge is 2.21. The predicted molar refractivity (Wildman–Crippen MR) is 61.2 cm³/mol. The molecule has 0 saturated carbocycles. The van der Waals surface area contributed by atoms with Gasteiger partial charge < -0.3 is 21.1 Å². The standard InChI is InChI=1S/C10H11BrFNO4/c11-4-3-6(14)10(17)9(12)8(4)5(13)1-2-7(15)16/h3,5,14,17H,1-2,13H2,(H,15,16). The van der Waals surface area contributed by atoms with Crippen molar-refractivity contribution < 1.29 is 24.5 Å². The van der Waals surface area contributed by atoms with Gasteiger partial charge in [0.1, 0.15) is 0 Å². The number of phenolic OH excluding ortho intramolecular Hbond substituents is 2. The van der Waals surface area contributed by atoms with E-state index < -0.39 is 29.3 Å². The van der Waals surface area contributed by atoms with Crippen LogP contribution in [0.25, 0.3) is 0 Å². The molecule has 0 aliphatic carbocycles. The molecule has 0 radical (unpaired) electrons. The minimum absolute atomic E-state index is 0.0229. The lowest BCUT2D eigenvalue weighted by Crippen LogP contribution is -2.14. The first-order chi connectivity index (χ1) is 7.84. The summed E-state index contributed by atoms with van der Waals surface area (Å²) >= 11 is 3.00. The summed E-state index contributed by atoms with van der Waals surface area (Å²) in [5.74, 6) is -3.59. The zero-order chi connectivity index (χ0) is 13.2. The van der Waals surface area contributed by atoms with Crippen LogP contribution in [0, 0.1) is 5.82 Å². The molecular formula is C10H11BrFNO4. The van der Waals surface area contributed by atoms with Gasteiger partial charge in [0, 0.05) is 22.5 Å². The summed E-state index contributed by atoms with van der Waals surface area (Å²) in [7, 11) is 0. The summed E-state index contributed by atoms with van der Waals surface area (Å²) in [5.41, 5.74) is 5.58. The molecule has 0 aliphatic heterocycles. The third-order valence-electron chi connectivity index (χ3n) is 2.25. The number of nitrogens with two attached hydrogens (primary N) is 1. The van der Waals surface area contributed by atoms with Crippen molar-refractivity contribution >= 4 is 21.9 Å². The van der Waals surface area contributed by atoms with Gasteiger partial charge in [-0.05, 0) is 12.5 Å². The molecule has 1 unspecified atom stereocenters. The van der Waals surface area contributed by atoms with Crippen LogP contribution >= 0.6 is 15.9 Å². The second-order valence-corrected chi connectivity index (χ2v) is 4.35. The fraction of sp³-hybridized carbons (Fsp3) is 0.300. The van der Waals surface area contributed by atoms with Gasteiger partial charge >= 0.3 is 5.97 Å². The first-order valence-electron chi connectivity index (χ1n) is 4.71. The summed E-state index contributed by atoms with van der Waals surface area (Å²) < 4.78 is 13.8. The average Bonchev–Trinajstić information content (AvgIpc) is 2.23. The van der Waals surface area contributed by atoms with Crippen LogP contribution in [0.15, 0.2) is 10.5 Å². The van der Waals surface area contributed by atoms with Crippen molar-refractivity contribution in [1.82, 2.24) is 0 Å². The zero-order valence-corrected chi connectivity index (χ0v) is 10.2. The molecule has 0 amide bonds. The molecule has 7 heteroatoms. The van der Waals surface area contributed by atoms with E-state index in [-0.39, 0.29) is 22.9 Å². The molecule has 5 N–H and O–H groups in total. The highest BCUT2D eigenvalue weighted by atomic mass is 79.9. The van der Waals surface area contributed by atoms with Crippen LogP contribution in [0.4, 0.5) is 4.39 Å². The minimum atomic E-state index is -1.05. The van der Waals surface area contributed by atoms with Crippen molar-refractivity contribution in [2.24, 2.45) is 5.73 Å². The van der Waals surface area contributed by atoms with Gasteiger partial charge in [-0.3, -0.25) is 4.79 Å². The van der Waals surface area contributed by atoms with E-state index in [1.807, 2.05) is 0 Å². The Labute approximate surface area is 105 Å². The van der Waals surface area contributed by atoms with Crippen molar-refractivity contribution in [2.75, 3.05) is 0 Å². The topological polar surface area (TPSA) is 104 Å². The van der Waals surface area contributed by atoms with Gasteiger partial charge in [-0.25, -0.2) is 4.39 Å². The lowest BCUT2D eigenvalue weighted by atomic mass is 10.0. The van der Waals surface area contributed by atoms with E-state index in [9.17, 15) is 14.3 Å². The largest absolute Gasteiger partial charge is 0.504 e. The quantitative estimate of drug-likeness (QED) is 0.636. The number of benzene rings is 1. The van der Waals surface area contributed by atoms with Gasteiger partial charge in [-0.2, -0.15) is 0 Å². The Morgan fingerprint density at radius 2 is 2.12 bits per heavy atom. The van der Waals surface area contributed by atoms with Gasteiger partial charge in [0.2, 0.25) is 0 Å². The smallest absolute Gasteiger partial charge is 0.303 e. The second kappa shape index (κ2) is 5.33. The molecule has 0 spiro atoms. The maximum absolute atomic E-state index is 13.6. The SMILES string of the molecule is NC(CCC(=O)O)c1c(Br)cc(O)c(O)c1F. The molecule has 5 nitrogen and oxygen atoms in total. The van der Waals surface area contributed by atoms with Crippen molar-refractivity contribution in [3.05, 3.63) is 21.9 Å². The third-order valence-corrected chi connectivity index (χ3v) is 2.90. The molecule has 0 heterocycles. The summed E-state index contributed by atoms with van der Waals surface area (Å²) in [4.78, 5) is 10.4. The van der Waals surface area contributed by atoms with Gasteiger partial charge in [0.05, 0.1) is 0 Å². The third kappa shape index (κ3) is 3.07. The number of aromatic hydroxyl groups is 2. The Balaban J connectivity index is 3.05. The van der Waals surface area contributed by atoms with E-state index in [1.165, 1.54) is 0 Å². The molecule has 1 atom stereocenters. The first kappa shape index (κ1) is 13.7. The highest BCUT2D eigenvalue weighted by molar-refractivity contribution is 9.10. The van der Waals surface area contributed by atoms with E-state index in [2.05, 4.69) is 15.9 Å². The van der Waals surface area contributed by atoms with Crippen LogP contribution in [0.3, 0.4) is 0 Å². The van der Waals surface area contributed by atoms with Gasteiger partial charge in [0.15, 0.2) is 17.3 Å². The van der Waals surface area contributed by atoms with E-state index in [1.54, 1.807) is 0 Å². The Kier molecular flexibility index (Phi) is 4.30. The van der Waals surface area contributed by atoms with Crippen molar-refractivity contribution in [3.8, 4) is 11.5 Å². The Morgan fingerprint density at radius 3 is 2.65 bits per heavy atom. The summed E-state index contributed by atoms with van der Waals surface area (Å²) in [6, 6.07) is 0.223. The number of carboxylic acid groups (broad SMARTS) is 1. The molecule has 1 rings (SSSR count). The molecule has 0 fully saturated rings. The van der Waals surface area contributed by atoms with Crippen LogP contribution in [-0.4, -0.2) is 21.3 Å². The van der Waals surface area contributed by atoms with Crippen molar-refractivity contribution in [3.63, 3.8) is 0 Å². The number of halogens is 2. The average molecular weight is 308 g/mol. The summed E-state index contributed by atoms with van der Waals surface area (Å²) in [6.07, 6.45) is -0.191. The molecule has 0 bridgehead atoms. The van der Waals surface area contributed by atoms with E-state index in [4.69, 9.17) is 15.9 Å². The van der Waals surface area contributed by atoms with Gasteiger partial charge in [-0.15, -0.1) is 0 Å². The molecule has 0 aromatic heterocycles. The fourth-order valence-electron chi connectivity index (χ4n) is 1.37. The Morgan fingerprint density at radius 1 is 1.53 bits per heavy atom. The molecule has 94 valence electrons. The normalized spacial score (nSPS) is 12.4. The van der Waals surface area contributed by atoms with Crippen LogP contribution in [-0.2, 0) is 4.79 Å². The Bertz CT molecular complexity index is 452. The number of rotatable bonds is 4. The van der Waals surface area contributed by atoms with Crippen molar-refractivity contribution in [2.45, 2.75) is 18.9 Å². The molecule has 0 saturated heterocycles. The number of carbonyl (C=O) groups is 1. The van der Waals surface area contributed by atoms with Gasteiger partial charge in [-0.1, -0.05) is 15.9 Å². The number of hydrogen-bond donors (Lipinski definition) is 4. The highest BCUT2D eigenvalue weighted by Crippen LogP contribution is 2.38. The zero-order valence-electron chi connectivity index (χ0n) is 8.65. The predicted octanol–water partition coefficient (Wildman–Crippen LogP) is 1.86. The number of phenols is 2. The van der Waals surface area contributed by atoms with Crippen LogP contribution < -0.4 is 5.73 Å². The van der Waals surface area contributed by atoms with E-state index in [0.717, 1.165) is 6.07 Å². The van der Waals surface area contributed by atoms with Crippen LogP contribution in [0.2, 0.25) is 0 Å². The lowest BCUT2D eigenvalue weighted by Gasteiger charge is -2.15. The molecule has 0 aliphatic rings. The van der Waals surface area contributed by atoms with E-state index >= 15 is 0 Å². The molecular weight excluding hydrogens is 297 g/mol. The van der Waals surface area contributed by atoms with E-state index in [0.29, 0.717) is 0 Å². The fourth-order valence-corrected chi connectivity index (χ4v) is 2.06. The van der Waals surface area contributed by atoms with Crippen molar-refractivity contribution in [1.29, 1.82) is 0 Å². The molecule has 1 aromatic rings. The number of hydrogen-bond acceptors (Lipinski definition) is 4. The second-order valence-electron chi connectivity index (χ2n) is 3.49. The van der Waals surface area contributed by atoms with Crippen LogP contribution in [0.1, 0.15) is 24.4 Å². The monoisotopic (exact) mass is 307 g/mol. The number of carboxylic acids is 1. The minimum Gasteiger partial charge on any atom is -0.504 e. The summed E-state index contributed by atoms with van der Waals surface area (Å²) in [6.45, 7) is 0. The molecule has 17 heavy (non-hydrogen) atoms. The van der Waals surface area contributed by atoms with Gasteiger partial charge in [0.25, 0.3) is 0 Å². The van der Waals surface area contributed by atoms with Crippen LogP contribution in [0.5, 0.6) is 11.5 Å². The molecule has 1 aromatic carbocycles. The first-order valence-corrected chi connectivity index (χ1v) is 5.51.